The molecule has 0 radical (unpaired) electrons. The van der Waals surface area contributed by atoms with Crippen molar-refractivity contribution in [2.24, 2.45) is 0 Å². The van der Waals surface area contributed by atoms with E-state index in [9.17, 15) is 9.59 Å². The van der Waals surface area contributed by atoms with E-state index >= 15 is 0 Å². The molecule has 5 nitrogen and oxygen atoms in total. The Hall–Kier alpha value is -2.04. The number of ether oxygens (including phenoxy) is 2. The Bertz CT molecular complexity index is 431. The third kappa shape index (κ3) is 2.22. The maximum absolute atomic E-state index is 11.7. The second kappa shape index (κ2) is 4.45. The van der Waals surface area contributed by atoms with Crippen molar-refractivity contribution in [2.75, 3.05) is 18.1 Å². The van der Waals surface area contributed by atoms with Crippen molar-refractivity contribution in [3.05, 3.63) is 18.2 Å². The van der Waals surface area contributed by atoms with E-state index in [0.717, 1.165) is 16.0 Å². The SMILES string of the molecule is CCOC(=O)N(C(=O)OCC)c1cc2cc-2c1. The van der Waals surface area contributed by atoms with E-state index in [1.807, 2.05) is 6.07 Å². The van der Waals surface area contributed by atoms with Crippen LogP contribution in [0.15, 0.2) is 18.2 Å². The zero-order chi connectivity index (χ0) is 12.4. The van der Waals surface area contributed by atoms with Crippen molar-refractivity contribution in [1.29, 1.82) is 0 Å². The second-order valence-electron chi connectivity index (χ2n) is 3.50. The van der Waals surface area contributed by atoms with Gasteiger partial charge in [0.25, 0.3) is 0 Å². The maximum atomic E-state index is 11.7. The highest BCUT2D eigenvalue weighted by atomic mass is 16.6. The Balaban J connectivity index is 2.19. The molecule has 0 bridgehead atoms. The first-order chi connectivity index (χ1) is 8.17. The van der Waals surface area contributed by atoms with Crippen molar-refractivity contribution in [1.82, 2.24) is 0 Å². The number of fused-ring (bicyclic) bond motifs is 1. The Morgan fingerprint density at radius 2 is 1.47 bits per heavy atom. The molecule has 0 aromatic heterocycles. The summed E-state index contributed by atoms with van der Waals surface area (Å²) in [4.78, 5) is 24.3. The largest absolute Gasteiger partial charge is 0.449 e. The lowest BCUT2D eigenvalue weighted by Gasteiger charge is -2.17. The summed E-state index contributed by atoms with van der Waals surface area (Å²) in [6.07, 6.45) is -1.42. The number of rotatable bonds is 3. The second-order valence-corrected chi connectivity index (χ2v) is 3.50. The van der Waals surface area contributed by atoms with Gasteiger partial charge in [0.15, 0.2) is 0 Å². The van der Waals surface area contributed by atoms with Crippen molar-refractivity contribution in [3.8, 4) is 11.1 Å². The van der Waals surface area contributed by atoms with Crippen LogP contribution in [0.25, 0.3) is 11.1 Å². The van der Waals surface area contributed by atoms with Crippen molar-refractivity contribution >= 4 is 17.9 Å². The van der Waals surface area contributed by atoms with E-state index in [1.165, 1.54) is 0 Å². The predicted molar refractivity (Wildman–Crippen MR) is 62.0 cm³/mol. The lowest BCUT2D eigenvalue weighted by atomic mass is 10.4. The van der Waals surface area contributed by atoms with Gasteiger partial charge in [0.1, 0.15) is 0 Å². The van der Waals surface area contributed by atoms with Gasteiger partial charge in [-0.2, -0.15) is 4.90 Å². The molecular formula is C12H13NO4. The first-order valence-corrected chi connectivity index (χ1v) is 5.46. The van der Waals surface area contributed by atoms with Gasteiger partial charge in [-0.05, 0) is 43.2 Å². The van der Waals surface area contributed by atoms with Crippen molar-refractivity contribution < 1.29 is 19.1 Å². The van der Waals surface area contributed by atoms with Crippen molar-refractivity contribution in [2.45, 2.75) is 13.8 Å². The molecule has 0 aromatic rings. The molecule has 0 saturated heterocycles. The van der Waals surface area contributed by atoms with Gasteiger partial charge in [-0.3, -0.25) is 0 Å². The number of nitrogens with zero attached hydrogens (tertiary/aromatic N) is 1. The first kappa shape index (κ1) is 11.4. The van der Waals surface area contributed by atoms with Crippen LogP contribution in [0.3, 0.4) is 0 Å². The van der Waals surface area contributed by atoms with Gasteiger partial charge in [-0.1, -0.05) is 0 Å². The summed E-state index contributed by atoms with van der Waals surface area (Å²) in [7, 11) is 0. The molecule has 2 aliphatic carbocycles. The van der Waals surface area contributed by atoms with Gasteiger partial charge in [-0.15, -0.1) is 0 Å². The third-order valence-electron chi connectivity index (χ3n) is 2.33. The monoisotopic (exact) mass is 235 g/mol. The standard InChI is InChI=1S/C12H13NO4/c1-3-16-11(14)13(12(15)17-4-2)10-6-8-5-9(8)7-10/h5-7H,3-4H2,1-2H3. The molecule has 0 aliphatic heterocycles. The number of amides is 2. The van der Waals surface area contributed by atoms with Crippen LogP contribution in [0.4, 0.5) is 15.3 Å². The summed E-state index contributed by atoms with van der Waals surface area (Å²) in [5, 5.41) is 0. The molecule has 5 heteroatoms. The molecule has 0 spiro atoms. The molecular weight excluding hydrogens is 222 g/mol. The van der Waals surface area contributed by atoms with Crippen LogP contribution in [0.2, 0.25) is 0 Å². The van der Waals surface area contributed by atoms with Gasteiger partial charge in [0.05, 0.1) is 18.9 Å². The van der Waals surface area contributed by atoms with Crippen LogP contribution in [0.5, 0.6) is 0 Å². The number of hydrogen-bond donors (Lipinski definition) is 0. The van der Waals surface area contributed by atoms with E-state index in [0.29, 0.717) is 5.69 Å². The summed E-state index contributed by atoms with van der Waals surface area (Å²) in [6, 6.07) is 5.46. The minimum absolute atomic E-state index is 0.210. The highest BCUT2D eigenvalue weighted by Gasteiger charge is 2.29. The summed E-state index contributed by atoms with van der Waals surface area (Å²) in [6.45, 7) is 3.79. The number of hydrogen-bond acceptors (Lipinski definition) is 4. The van der Waals surface area contributed by atoms with Crippen LogP contribution in [-0.2, 0) is 9.47 Å². The highest BCUT2D eigenvalue weighted by Crippen LogP contribution is 2.40. The predicted octanol–water partition coefficient (Wildman–Crippen LogP) is 2.79. The molecule has 2 amide bonds. The number of anilines is 1. The molecule has 0 atom stereocenters. The average molecular weight is 235 g/mol. The van der Waals surface area contributed by atoms with E-state index in [-0.39, 0.29) is 13.2 Å². The quantitative estimate of drug-likeness (QED) is 0.820. The van der Waals surface area contributed by atoms with Gasteiger partial charge < -0.3 is 9.47 Å². The molecule has 0 fully saturated rings. The fourth-order valence-corrected chi connectivity index (χ4v) is 1.53. The summed E-state index contributed by atoms with van der Waals surface area (Å²) >= 11 is 0. The number of carbonyl (C=O) groups excluding carboxylic acids is 2. The Morgan fingerprint density at radius 1 is 1.00 bits per heavy atom. The van der Waals surface area contributed by atoms with Gasteiger partial charge in [0.2, 0.25) is 0 Å². The van der Waals surface area contributed by atoms with E-state index in [4.69, 9.17) is 9.47 Å². The molecule has 0 heterocycles. The van der Waals surface area contributed by atoms with Gasteiger partial charge in [-0.25, -0.2) is 9.59 Å². The fourth-order valence-electron chi connectivity index (χ4n) is 1.53. The molecule has 0 N–H and O–H groups in total. The Morgan fingerprint density at radius 3 is 1.88 bits per heavy atom. The van der Waals surface area contributed by atoms with Gasteiger partial charge in [0, 0.05) is 0 Å². The van der Waals surface area contributed by atoms with E-state index < -0.39 is 12.2 Å². The topological polar surface area (TPSA) is 55.8 Å². The summed E-state index contributed by atoms with van der Waals surface area (Å²) in [5.74, 6) is 0. The lowest BCUT2D eigenvalue weighted by Crippen LogP contribution is -2.37. The minimum atomic E-state index is -0.712. The van der Waals surface area contributed by atoms with Crippen LogP contribution in [0, 0.1) is 0 Å². The van der Waals surface area contributed by atoms with E-state index in [2.05, 4.69) is 0 Å². The number of benzene rings is 1. The molecule has 90 valence electrons. The first-order valence-electron chi connectivity index (χ1n) is 5.46. The summed E-state index contributed by atoms with van der Waals surface area (Å²) in [5.41, 5.74) is 2.58. The Kier molecular flexibility index (Phi) is 2.99. The molecule has 17 heavy (non-hydrogen) atoms. The molecule has 0 aromatic carbocycles. The van der Waals surface area contributed by atoms with E-state index in [1.54, 1.807) is 26.0 Å². The van der Waals surface area contributed by atoms with Crippen molar-refractivity contribution in [3.63, 3.8) is 0 Å². The van der Waals surface area contributed by atoms with Crippen LogP contribution in [0.1, 0.15) is 13.8 Å². The van der Waals surface area contributed by atoms with Crippen LogP contribution < -0.4 is 4.90 Å². The molecule has 2 rings (SSSR count). The molecule has 0 unspecified atom stereocenters. The smallest absolute Gasteiger partial charge is 0.424 e. The average Bonchev–Trinajstić information content (AvgIpc) is 2.87. The highest BCUT2D eigenvalue weighted by molar-refractivity contribution is 6.11. The zero-order valence-corrected chi connectivity index (χ0v) is 9.73. The summed E-state index contributed by atoms with van der Waals surface area (Å²) < 4.78 is 9.66. The van der Waals surface area contributed by atoms with Gasteiger partial charge >= 0.3 is 12.2 Å². The third-order valence-corrected chi connectivity index (χ3v) is 2.33. The number of carbonyl (C=O) groups is 2. The fraction of sp³-hybridized carbons (Fsp3) is 0.333. The Labute approximate surface area is 98.9 Å². The molecule has 0 saturated carbocycles. The lowest BCUT2D eigenvalue weighted by molar-refractivity contribution is 0.140. The molecule has 2 aliphatic rings. The minimum Gasteiger partial charge on any atom is -0.449 e. The zero-order valence-electron chi connectivity index (χ0n) is 9.73. The normalized spacial score (nSPS) is 10.7. The van der Waals surface area contributed by atoms with Crippen LogP contribution in [-0.4, -0.2) is 25.4 Å². The number of imide groups is 1. The maximum Gasteiger partial charge on any atom is 0.424 e. The van der Waals surface area contributed by atoms with Crippen LogP contribution >= 0.6 is 0 Å².